The number of hydrogen-bond acceptors (Lipinski definition) is 7. The SMILES string of the molecule is COc1cccc(/C=N/Nc2cc(-c3ccccc3)nc(-c3ccccc3O)n2)c1O. The number of ether oxygens (including phenoxy) is 1. The maximum Gasteiger partial charge on any atom is 0.166 e. The molecule has 3 aromatic carbocycles. The molecule has 4 rings (SSSR count). The Labute approximate surface area is 179 Å². The molecular weight excluding hydrogens is 392 g/mol. The monoisotopic (exact) mass is 412 g/mol. The minimum Gasteiger partial charge on any atom is -0.507 e. The van der Waals surface area contributed by atoms with E-state index in [1.165, 1.54) is 13.3 Å². The van der Waals surface area contributed by atoms with Crippen molar-refractivity contribution in [2.75, 3.05) is 12.5 Å². The van der Waals surface area contributed by atoms with E-state index in [4.69, 9.17) is 4.74 Å². The van der Waals surface area contributed by atoms with Gasteiger partial charge in [0, 0.05) is 17.2 Å². The van der Waals surface area contributed by atoms with Gasteiger partial charge in [-0.2, -0.15) is 5.10 Å². The van der Waals surface area contributed by atoms with E-state index in [-0.39, 0.29) is 11.5 Å². The first-order valence-electron chi connectivity index (χ1n) is 9.53. The van der Waals surface area contributed by atoms with Crippen LogP contribution in [-0.4, -0.2) is 33.5 Å². The fourth-order valence-corrected chi connectivity index (χ4v) is 3.02. The second-order valence-electron chi connectivity index (χ2n) is 6.61. The van der Waals surface area contributed by atoms with Crippen LogP contribution in [0.5, 0.6) is 17.2 Å². The van der Waals surface area contributed by atoms with E-state index in [0.717, 1.165) is 5.56 Å². The van der Waals surface area contributed by atoms with Gasteiger partial charge in [0.2, 0.25) is 0 Å². The molecule has 154 valence electrons. The maximum atomic E-state index is 10.3. The summed E-state index contributed by atoms with van der Waals surface area (Å²) >= 11 is 0. The molecule has 0 unspecified atom stereocenters. The van der Waals surface area contributed by atoms with Crippen molar-refractivity contribution < 1.29 is 14.9 Å². The van der Waals surface area contributed by atoms with Crippen molar-refractivity contribution in [2.24, 2.45) is 5.10 Å². The van der Waals surface area contributed by atoms with Crippen LogP contribution >= 0.6 is 0 Å². The molecule has 0 aliphatic carbocycles. The number of phenols is 2. The number of rotatable bonds is 6. The van der Waals surface area contributed by atoms with E-state index in [1.807, 2.05) is 36.4 Å². The van der Waals surface area contributed by atoms with Crippen LogP contribution in [0.15, 0.2) is 84.0 Å². The molecule has 7 nitrogen and oxygen atoms in total. The van der Waals surface area contributed by atoms with Gasteiger partial charge >= 0.3 is 0 Å². The third kappa shape index (κ3) is 4.45. The molecule has 0 radical (unpaired) electrons. The van der Waals surface area contributed by atoms with Crippen LogP contribution in [0, 0.1) is 0 Å². The normalized spacial score (nSPS) is 10.9. The molecule has 0 aliphatic rings. The number of benzene rings is 3. The van der Waals surface area contributed by atoms with Gasteiger partial charge in [0.25, 0.3) is 0 Å². The molecule has 31 heavy (non-hydrogen) atoms. The number of aromatic hydroxyl groups is 2. The molecule has 0 saturated heterocycles. The van der Waals surface area contributed by atoms with Gasteiger partial charge in [0.15, 0.2) is 23.1 Å². The summed E-state index contributed by atoms with van der Waals surface area (Å²) in [5, 5.41) is 24.7. The van der Waals surface area contributed by atoms with E-state index >= 15 is 0 Å². The molecule has 0 aliphatic heterocycles. The predicted octanol–water partition coefficient (Wildman–Crippen LogP) is 4.68. The van der Waals surface area contributed by atoms with E-state index < -0.39 is 0 Å². The molecule has 7 heteroatoms. The lowest BCUT2D eigenvalue weighted by Gasteiger charge is -2.09. The molecule has 4 aromatic rings. The first-order chi connectivity index (χ1) is 15.2. The zero-order valence-electron chi connectivity index (χ0n) is 16.7. The van der Waals surface area contributed by atoms with Crippen LogP contribution < -0.4 is 10.2 Å². The van der Waals surface area contributed by atoms with E-state index in [9.17, 15) is 10.2 Å². The Kier molecular flexibility index (Phi) is 5.75. The van der Waals surface area contributed by atoms with Crippen molar-refractivity contribution in [1.82, 2.24) is 9.97 Å². The van der Waals surface area contributed by atoms with Gasteiger partial charge in [-0.3, -0.25) is 5.43 Å². The summed E-state index contributed by atoms with van der Waals surface area (Å²) < 4.78 is 5.11. The highest BCUT2D eigenvalue weighted by atomic mass is 16.5. The molecule has 0 fully saturated rings. The number of nitrogens with zero attached hydrogens (tertiary/aromatic N) is 3. The number of para-hydroxylation sites is 2. The summed E-state index contributed by atoms with van der Waals surface area (Å²) in [5.41, 5.74) is 5.46. The zero-order chi connectivity index (χ0) is 21.6. The van der Waals surface area contributed by atoms with Crippen LogP contribution in [0.25, 0.3) is 22.6 Å². The summed E-state index contributed by atoms with van der Waals surface area (Å²) in [5.74, 6) is 1.24. The molecular formula is C24H20N4O3. The van der Waals surface area contributed by atoms with Crippen molar-refractivity contribution in [1.29, 1.82) is 0 Å². The highest BCUT2D eigenvalue weighted by Gasteiger charge is 2.11. The molecule has 3 N–H and O–H groups in total. The fraction of sp³-hybridized carbons (Fsp3) is 0.0417. The smallest absolute Gasteiger partial charge is 0.166 e. The van der Waals surface area contributed by atoms with Gasteiger partial charge in [0.05, 0.1) is 24.6 Å². The Bertz CT molecular complexity index is 1230. The summed E-state index contributed by atoms with van der Waals surface area (Å²) in [6, 6.07) is 23.5. The average molecular weight is 412 g/mol. The third-order valence-electron chi connectivity index (χ3n) is 4.57. The van der Waals surface area contributed by atoms with Crippen molar-refractivity contribution in [3.8, 4) is 39.9 Å². The number of anilines is 1. The minimum absolute atomic E-state index is 0.00175. The standard InChI is InChI=1S/C24H20N4O3/c1-31-21-13-7-10-17(23(21)30)15-25-28-22-14-19(16-8-3-2-4-9-16)26-24(27-22)18-11-5-6-12-20(18)29/h2-15,29-30H,1H3,(H,26,27,28)/b25-15+. The number of hydrogen-bond donors (Lipinski definition) is 3. The second kappa shape index (κ2) is 8.96. The highest BCUT2D eigenvalue weighted by molar-refractivity contribution is 5.85. The van der Waals surface area contributed by atoms with Crippen molar-refractivity contribution in [2.45, 2.75) is 0 Å². The molecule has 0 spiro atoms. The van der Waals surface area contributed by atoms with E-state index in [1.54, 1.807) is 42.5 Å². The third-order valence-corrected chi connectivity index (χ3v) is 4.57. The number of aromatic nitrogens is 2. The van der Waals surface area contributed by atoms with Crippen LogP contribution in [0.4, 0.5) is 5.82 Å². The van der Waals surface area contributed by atoms with Gasteiger partial charge in [-0.05, 0) is 24.3 Å². The highest BCUT2D eigenvalue weighted by Crippen LogP contribution is 2.30. The molecule has 0 bridgehead atoms. The zero-order valence-corrected chi connectivity index (χ0v) is 16.7. The minimum atomic E-state index is -0.00175. The van der Waals surface area contributed by atoms with Crippen LogP contribution in [0.2, 0.25) is 0 Å². The lowest BCUT2D eigenvalue weighted by Crippen LogP contribution is -1.99. The van der Waals surface area contributed by atoms with E-state index in [0.29, 0.717) is 34.2 Å². The Morgan fingerprint density at radius 3 is 2.45 bits per heavy atom. The van der Waals surface area contributed by atoms with Crippen molar-refractivity contribution in [3.05, 3.63) is 84.4 Å². The largest absolute Gasteiger partial charge is 0.507 e. The predicted molar refractivity (Wildman–Crippen MR) is 120 cm³/mol. The second-order valence-corrected chi connectivity index (χ2v) is 6.61. The first-order valence-corrected chi connectivity index (χ1v) is 9.53. The Hall–Kier alpha value is -4.39. The van der Waals surface area contributed by atoms with Gasteiger partial charge in [-0.25, -0.2) is 9.97 Å². The van der Waals surface area contributed by atoms with Crippen LogP contribution in [0.1, 0.15) is 5.56 Å². The quantitative estimate of drug-likeness (QED) is 0.314. The first kappa shape index (κ1) is 19.9. The Balaban J connectivity index is 1.70. The fourth-order valence-electron chi connectivity index (χ4n) is 3.02. The summed E-state index contributed by atoms with van der Waals surface area (Å²) in [4.78, 5) is 9.11. The molecule has 1 aromatic heterocycles. The van der Waals surface area contributed by atoms with Gasteiger partial charge in [-0.15, -0.1) is 0 Å². The van der Waals surface area contributed by atoms with Crippen LogP contribution in [-0.2, 0) is 0 Å². The molecule has 1 heterocycles. The summed E-state index contributed by atoms with van der Waals surface area (Å²) in [7, 11) is 1.49. The molecule has 0 atom stereocenters. The summed E-state index contributed by atoms with van der Waals surface area (Å²) in [6.45, 7) is 0. The Morgan fingerprint density at radius 1 is 0.903 bits per heavy atom. The molecule has 0 saturated carbocycles. The van der Waals surface area contributed by atoms with E-state index in [2.05, 4.69) is 20.5 Å². The van der Waals surface area contributed by atoms with Crippen LogP contribution in [0.3, 0.4) is 0 Å². The summed E-state index contributed by atoms with van der Waals surface area (Å²) in [6.07, 6.45) is 1.47. The average Bonchev–Trinajstić information content (AvgIpc) is 2.81. The number of methoxy groups -OCH3 is 1. The van der Waals surface area contributed by atoms with Gasteiger partial charge in [-0.1, -0.05) is 48.5 Å². The van der Waals surface area contributed by atoms with Crippen molar-refractivity contribution >= 4 is 12.0 Å². The Morgan fingerprint density at radius 2 is 1.68 bits per heavy atom. The van der Waals surface area contributed by atoms with Crippen molar-refractivity contribution in [3.63, 3.8) is 0 Å². The number of hydrazone groups is 1. The topological polar surface area (TPSA) is 99.9 Å². The van der Waals surface area contributed by atoms with Gasteiger partial charge < -0.3 is 14.9 Å². The number of phenolic OH excluding ortho intramolecular Hbond substituents is 2. The lowest BCUT2D eigenvalue weighted by molar-refractivity contribution is 0.373. The van der Waals surface area contributed by atoms with Gasteiger partial charge in [0.1, 0.15) is 5.75 Å². The lowest BCUT2D eigenvalue weighted by atomic mass is 10.1. The number of nitrogens with one attached hydrogen (secondary N) is 1. The maximum absolute atomic E-state index is 10.3. The molecule has 0 amide bonds.